The van der Waals surface area contributed by atoms with Gasteiger partial charge in [-0.25, -0.2) is 0 Å². The number of nitrogens with zero attached hydrogens (tertiary/aromatic N) is 3. The molecule has 1 unspecified atom stereocenters. The summed E-state index contributed by atoms with van der Waals surface area (Å²) in [5, 5.41) is 6.84. The summed E-state index contributed by atoms with van der Waals surface area (Å²) in [6.45, 7) is 1.89. The van der Waals surface area contributed by atoms with Crippen LogP contribution in [0.3, 0.4) is 0 Å². The molecular formula is C13H16N4O. The van der Waals surface area contributed by atoms with Gasteiger partial charge in [-0.15, -0.1) is 0 Å². The molecule has 1 atom stereocenters. The molecule has 94 valence electrons. The molecule has 5 nitrogen and oxygen atoms in total. The van der Waals surface area contributed by atoms with Crippen LogP contribution >= 0.6 is 0 Å². The van der Waals surface area contributed by atoms with E-state index in [9.17, 15) is 4.79 Å². The summed E-state index contributed by atoms with van der Waals surface area (Å²) in [5.41, 5.74) is 1.64. The Kier molecular flexibility index (Phi) is 3.72. The Morgan fingerprint density at radius 2 is 2.33 bits per heavy atom. The Morgan fingerprint density at radius 1 is 1.50 bits per heavy atom. The molecule has 0 aliphatic rings. The van der Waals surface area contributed by atoms with Gasteiger partial charge in [-0.1, -0.05) is 13.0 Å². The second kappa shape index (κ2) is 5.44. The van der Waals surface area contributed by atoms with Crippen LogP contribution in [0.5, 0.6) is 0 Å². The molecule has 0 saturated carbocycles. The van der Waals surface area contributed by atoms with E-state index in [0.29, 0.717) is 6.42 Å². The highest BCUT2D eigenvalue weighted by atomic mass is 16.1. The van der Waals surface area contributed by atoms with E-state index < -0.39 is 0 Å². The van der Waals surface area contributed by atoms with E-state index in [1.54, 1.807) is 23.3 Å². The van der Waals surface area contributed by atoms with Crippen molar-refractivity contribution in [3.8, 4) is 0 Å². The summed E-state index contributed by atoms with van der Waals surface area (Å²) in [7, 11) is 1.81. The molecule has 2 aromatic rings. The average molecular weight is 244 g/mol. The van der Waals surface area contributed by atoms with E-state index in [1.165, 1.54) is 0 Å². The number of carbonyl (C=O) groups excluding carboxylic acids is 1. The zero-order valence-corrected chi connectivity index (χ0v) is 10.5. The molecule has 0 radical (unpaired) electrons. The largest absolute Gasteiger partial charge is 0.323 e. The van der Waals surface area contributed by atoms with Gasteiger partial charge in [0.15, 0.2) is 0 Å². The predicted molar refractivity (Wildman–Crippen MR) is 68.9 cm³/mol. The van der Waals surface area contributed by atoms with Crippen LogP contribution in [-0.2, 0) is 18.3 Å². The lowest BCUT2D eigenvalue weighted by molar-refractivity contribution is -0.119. The third kappa shape index (κ3) is 3.16. The number of aromatic nitrogens is 3. The molecule has 0 saturated heterocycles. The normalized spacial score (nSPS) is 12.1. The van der Waals surface area contributed by atoms with Crippen molar-refractivity contribution in [3.05, 3.63) is 42.5 Å². The molecule has 0 aromatic carbocycles. The topological polar surface area (TPSA) is 59.8 Å². The van der Waals surface area contributed by atoms with E-state index in [-0.39, 0.29) is 11.8 Å². The maximum atomic E-state index is 12.0. The third-order valence-electron chi connectivity index (χ3n) is 2.66. The number of hydrogen-bond acceptors (Lipinski definition) is 3. The van der Waals surface area contributed by atoms with Crippen molar-refractivity contribution in [2.75, 3.05) is 5.32 Å². The SMILES string of the molecule is CC(Cc1ccccn1)C(=O)Nc1cnn(C)c1. The van der Waals surface area contributed by atoms with E-state index >= 15 is 0 Å². The van der Waals surface area contributed by atoms with Crippen molar-refractivity contribution in [3.63, 3.8) is 0 Å². The first-order chi connectivity index (χ1) is 8.65. The summed E-state index contributed by atoms with van der Waals surface area (Å²) >= 11 is 0. The summed E-state index contributed by atoms with van der Waals surface area (Å²) in [6, 6.07) is 5.71. The van der Waals surface area contributed by atoms with Crippen molar-refractivity contribution >= 4 is 11.6 Å². The van der Waals surface area contributed by atoms with Gasteiger partial charge in [-0.2, -0.15) is 5.10 Å². The molecular weight excluding hydrogens is 228 g/mol. The molecule has 2 heterocycles. The standard InChI is InChI=1S/C13H16N4O/c1-10(7-11-5-3-4-6-14-11)13(18)16-12-8-15-17(2)9-12/h3-6,8-10H,7H2,1-2H3,(H,16,18). The number of nitrogens with one attached hydrogen (secondary N) is 1. The minimum Gasteiger partial charge on any atom is -0.323 e. The first-order valence-corrected chi connectivity index (χ1v) is 5.84. The van der Waals surface area contributed by atoms with Crippen molar-refractivity contribution in [2.45, 2.75) is 13.3 Å². The number of pyridine rings is 1. The monoisotopic (exact) mass is 244 g/mol. The van der Waals surface area contributed by atoms with Crippen molar-refractivity contribution in [1.29, 1.82) is 0 Å². The summed E-state index contributed by atoms with van der Waals surface area (Å²) in [5.74, 6) is -0.145. The number of hydrogen-bond donors (Lipinski definition) is 1. The average Bonchev–Trinajstić information content (AvgIpc) is 2.76. The number of aryl methyl sites for hydroxylation is 1. The van der Waals surface area contributed by atoms with Crippen LogP contribution in [0.25, 0.3) is 0 Å². The van der Waals surface area contributed by atoms with E-state index in [0.717, 1.165) is 11.4 Å². The number of carbonyl (C=O) groups is 1. The van der Waals surface area contributed by atoms with Crippen LogP contribution in [-0.4, -0.2) is 20.7 Å². The van der Waals surface area contributed by atoms with Gasteiger partial charge < -0.3 is 5.32 Å². The van der Waals surface area contributed by atoms with Crippen molar-refractivity contribution in [1.82, 2.24) is 14.8 Å². The summed E-state index contributed by atoms with van der Waals surface area (Å²) < 4.78 is 1.65. The quantitative estimate of drug-likeness (QED) is 0.889. The molecule has 0 spiro atoms. The van der Waals surface area contributed by atoms with Crippen LogP contribution in [0.2, 0.25) is 0 Å². The highest BCUT2D eigenvalue weighted by Gasteiger charge is 2.14. The Hall–Kier alpha value is -2.17. The van der Waals surface area contributed by atoms with Gasteiger partial charge in [-0.05, 0) is 12.1 Å². The Bertz CT molecular complexity index is 521. The maximum Gasteiger partial charge on any atom is 0.227 e. The van der Waals surface area contributed by atoms with E-state index in [2.05, 4.69) is 15.4 Å². The lowest BCUT2D eigenvalue weighted by atomic mass is 10.0. The van der Waals surface area contributed by atoms with Crippen LogP contribution in [0.15, 0.2) is 36.8 Å². The highest BCUT2D eigenvalue weighted by Crippen LogP contribution is 2.10. The first-order valence-electron chi connectivity index (χ1n) is 5.84. The second-order valence-electron chi connectivity index (χ2n) is 4.32. The molecule has 1 N–H and O–H groups in total. The van der Waals surface area contributed by atoms with Crippen LogP contribution in [0.1, 0.15) is 12.6 Å². The zero-order chi connectivity index (χ0) is 13.0. The fourth-order valence-corrected chi connectivity index (χ4v) is 1.68. The zero-order valence-electron chi connectivity index (χ0n) is 10.5. The predicted octanol–water partition coefficient (Wildman–Crippen LogP) is 1.63. The van der Waals surface area contributed by atoms with Gasteiger partial charge in [0.05, 0.1) is 11.9 Å². The smallest absolute Gasteiger partial charge is 0.227 e. The molecule has 0 aliphatic carbocycles. The van der Waals surface area contributed by atoms with Gasteiger partial charge >= 0.3 is 0 Å². The van der Waals surface area contributed by atoms with Gasteiger partial charge in [0.2, 0.25) is 5.91 Å². The van der Waals surface area contributed by atoms with Crippen molar-refractivity contribution in [2.24, 2.45) is 13.0 Å². The molecule has 5 heteroatoms. The molecule has 2 aromatic heterocycles. The van der Waals surface area contributed by atoms with Gasteiger partial charge in [0.1, 0.15) is 0 Å². The van der Waals surface area contributed by atoms with Crippen LogP contribution in [0, 0.1) is 5.92 Å². The minimum absolute atomic E-state index is 0.0198. The fourth-order valence-electron chi connectivity index (χ4n) is 1.68. The Labute approximate surface area is 106 Å². The molecule has 0 aliphatic heterocycles. The maximum absolute atomic E-state index is 12.0. The lowest BCUT2D eigenvalue weighted by Crippen LogP contribution is -2.22. The Balaban J connectivity index is 1.93. The first kappa shape index (κ1) is 12.3. The number of amides is 1. The Morgan fingerprint density at radius 3 is 2.94 bits per heavy atom. The molecule has 0 bridgehead atoms. The number of anilines is 1. The van der Waals surface area contributed by atoms with E-state index in [4.69, 9.17) is 0 Å². The van der Waals surface area contributed by atoms with Crippen LogP contribution in [0.4, 0.5) is 5.69 Å². The summed E-state index contributed by atoms with van der Waals surface area (Å²) in [4.78, 5) is 16.2. The van der Waals surface area contributed by atoms with Gasteiger partial charge in [0, 0.05) is 37.5 Å². The highest BCUT2D eigenvalue weighted by molar-refractivity contribution is 5.92. The third-order valence-corrected chi connectivity index (χ3v) is 2.66. The van der Waals surface area contributed by atoms with Gasteiger partial charge in [-0.3, -0.25) is 14.5 Å². The summed E-state index contributed by atoms with van der Waals surface area (Å²) in [6.07, 6.45) is 5.77. The van der Waals surface area contributed by atoms with E-state index in [1.807, 2.05) is 32.2 Å². The number of rotatable bonds is 4. The van der Waals surface area contributed by atoms with Gasteiger partial charge in [0.25, 0.3) is 0 Å². The lowest BCUT2D eigenvalue weighted by Gasteiger charge is -2.10. The molecule has 2 rings (SSSR count). The van der Waals surface area contributed by atoms with Crippen molar-refractivity contribution < 1.29 is 4.79 Å². The second-order valence-corrected chi connectivity index (χ2v) is 4.32. The molecule has 18 heavy (non-hydrogen) atoms. The fraction of sp³-hybridized carbons (Fsp3) is 0.308. The molecule has 0 fully saturated rings. The molecule has 1 amide bonds. The van der Waals surface area contributed by atoms with Crippen LogP contribution < -0.4 is 5.32 Å². The minimum atomic E-state index is -0.125.